The van der Waals surface area contributed by atoms with Crippen molar-refractivity contribution < 1.29 is 4.79 Å². The van der Waals surface area contributed by atoms with Crippen LogP contribution in [0.25, 0.3) is 0 Å². The second-order valence-corrected chi connectivity index (χ2v) is 3.08. The SMILES string of the molecule is CNC(=O)Cn1ccc(C(C)N)c1. The molecule has 72 valence electrons. The molecule has 0 aliphatic heterocycles. The van der Waals surface area contributed by atoms with Gasteiger partial charge in [0.25, 0.3) is 0 Å². The van der Waals surface area contributed by atoms with Crippen molar-refractivity contribution in [1.29, 1.82) is 0 Å². The van der Waals surface area contributed by atoms with E-state index in [1.165, 1.54) is 0 Å². The maximum absolute atomic E-state index is 11.0. The molecule has 3 N–H and O–H groups in total. The third-order valence-electron chi connectivity index (χ3n) is 1.90. The van der Waals surface area contributed by atoms with Gasteiger partial charge in [-0.2, -0.15) is 0 Å². The van der Waals surface area contributed by atoms with Crippen LogP contribution in [0.3, 0.4) is 0 Å². The lowest BCUT2D eigenvalue weighted by Crippen LogP contribution is -2.22. The number of nitrogens with one attached hydrogen (secondary N) is 1. The summed E-state index contributed by atoms with van der Waals surface area (Å²) in [5.74, 6) is -0.00757. The first-order valence-electron chi connectivity index (χ1n) is 4.25. The Morgan fingerprint density at radius 1 is 1.77 bits per heavy atom. The van der Waals surface area contributed by atoms with Crippen molar-refractivity contribution in [2.75, 3.05) is 7.05 Å². The standard InChI is InChI=1S/C9H15N3O/c1-7(10)8-3-4-12(5-8)6-9(13)11-2/h3-5,7H,6,10H2,1-2H3,(H,11,13). The zero-order valence-corrected chi connectivity index (χ0v) is 7.95. The summed E-state index contributed by atoms with van der Waals surface area (Å²) in [5.41, 5.74) is 6.72. The fraction of sp³-hybridized carbons (Fsp3) is 0.444. The number of nitrogens with zero attached hydrogens (tertiary/aromatic N) is 1. The first-order valence-corrected chi connectivity index (χ1v) is 4.25. The molecule has 1 amide bonds. The number of amides is 1. The van der Waals surface area contributed by atoms with Crippen LogP contribution in [0.15, 0.2) is 18.5 Å². The molecule has 13 heavy (non-hydrogen) atoms. The molecule has 4 nitrogen and oxygen atoms in total. The molecule has 1 atom stereocenters. The fourth-order valence-electron chi connectivity index (χ4n) is 1.07. The molecule has 1 rings (SSSR count). The van der Waals surface area contributed by atoms with Crippen molar-refractivity contribution in [3.05, 3.63) is 24.0 Å². The van der Waals surface area contributed by atoms with E-state index in [-0.39, 0.29) is 11.9 Å². The average Bonchev–Trinajstić information content (AvgIpc) is 2.52. The summed E-state index contributed by atoms with van der Waals surface area (Å²) >= 11 is 0. The number of nitrogens with two attached hydrogens (primary N) is 1. The Kier molecular flexibility index (Phi) is 3.08. The van der Waals surface area contributed by atoms with E-state index in [4.69, 9.17) is 5.73 Å². The Bertz CT molecular complexity index is 291. The minimum atomic E-state index is -0.00757. The highest BCUT2D eigenvalue weighted by atomic mass is 16.1. The zero-order chi connectivity index (χ0) is 9.84. The zero-order valence-electron chi connectivity index (χ0n) is 7.95. The summed E-state index contributed by atoms with van der Waals surface area (Å²) in [6.45, 7) is 2.27. The first-order chi connectivity index (χ1) is 6.13. The van der Waals surface area contributed by atoms with E-state index in [0.29, 0.717) is 6.54 Å². The van der Waals surface area contributed by atoms with Gasteiger partial charge in [0.1, 0.15) is 6.54 Å². The summed E-state index contributed by atoms with van der Waals surface area (Å²) in [7, 11) is 1.62. The molecule has 4 heteroatoms. The molecule has 0 radical (unpaired) electrons. The van der Waals surface area contributed by atoms with Crippen LogP contribution < -0.4 is 11.1 Å². The summed E-state index contributed by atoms with van der Waals surface area (Å²) in [4.78, 5) is 11.0. The smallest absolute Gasteiger partial charge is 0.239 e. The van der Waals surface area contributed by atoms with Gasteiger partial charge >= 0.3 is 0 Å². The third-order valence-corrected chi connectivity index (χ3v) is 1.90. The van der Waals surface area contributed by atoms with E-state index >= 15 is 0 Å². The van der Waals surface area contributed by atoms with Gasteiger partial charge in [-0.1, -0.05) is 0 Å². The van der Waals surface area contributed by atoms with Gasteiger partial charge in [-0.25, -0.2) is 0 Å². The minimum absolute atomic E-state index is 0.00757. The third kappa shape index (κ3) is 2.59. The maximum Gasteiger partial charge on any atom is 0.239 e. The van der Waals surface area contributed by atoms with Crippen molar-refractivity contribution in [3.63, 3.8) is 0 Å². The van der Waals surface area contributed by atoms with Crippen LogP contribution in [-0.4, -0.2) is 17.5 Å². The van der Waals surface area contributed by atoms with Crippen molar-refractivity contribution in [1.82, 2.24) is 9.88 Å². The molecule has 0 aromatic carbocycles. The lowest BCUT2D eigenvalue weighted by atomic mass is 10.2. The monoisotopic (exact) mass is 181 g/mol. The van der Waals surface area contributed by atoms with Crippen molar-refractivity contribution in [2.45, 2.75) is 19.5 Å². The Morgan fingerprint density at radius 3 is 2.92 bits per heavy atom. The normalized spacial score (nSPS) is 12.5. The quantitative estimate of drug-likeness (QED) is 0.702. The Hall–Kier alpha value is -1.29. The van der Waals surface area contributed by atoms with Crippen molar-refractivity contribution in [2.24, 2.45) is 5.73 Å². The van der Waals surface area contributed by atoms with E-state index in [1.807, 2.05) is 30.0 Å². The van der Waals surface area contributed by atoms with Gasteiger partial charge in [0.2, 0.25) is 5.91 Å². The van der Waals surface area contributed by atoms with Gasteiger partial charge in [0, 0.05) is 25.5 Å². The largest absolute Gasteiger partial charge is 0.358 e. The number of likely N-dealkylation sites (N-methyl/N-ethyl adjacent to an activating group) is 1. The molecule has 1 unspecified atom stereocenters. The number of carbonyl (C=O) groups is 1. The first kappa shape index (κ1) is 9.80. The van der Waals surface area contributed by atoms with Crippen LogP contribution >= 0.6 is 0 Å². The molecule has 1 heterocycles. The number of hydrogen-bond acceptors (Lipinski definition) is 2. The molecule has 1 aromatic rings. The summed E-state index contributed by atoms with van der Waals surface area (Å²) in [6, 6.07) is 1.94. The molecule has 0 saturated heterocycles. The molecule has 0 aliphatic carbocycles. The number of rotatable bonds is 3. The van der Waals surface area contributed by atoms with Gasteiger partial charge in [-0.05, 0) is 18.6 Å². The predicted molar refractivity (Wildman–Crippen MR) is 51.1 cm³/mol. The summed E-state index contributed by atoms with van der Waals surface area (Å²) in [5, 5.41) is 2.56. The van der Waals surface area contributed by atoms with Crippen molar-refractivity contribution in [3.8, 4) is 0 Å². The molecule has 1 aromatic heterocycles. The number of aromatic nitrogens is 1. The molecule has 0 fully saturated rings. The molecular formula is C9H15N3O. The lowest BCUT2D eigenvalue weighted by molar-refractivity contribution is -0.121. The van der Waals surface area contributed by atoms with E-state index in [2.05, 4.69) is 5.32 Å². The van der Waals surface area contributed by atoms with Crippen LogP contribution in [0.4, 0.5) is 0 Å². The van der Waals surface area contributed by atoms with Gasteiger partial charge < -0.3 is 15.6 Å². The fourth-order valence-corrected chi connectivity index (χ4v) is 1.07. The van der Waals surface area contributed by atoms with Crippen LogP contribution in [0.5, 0.6) is 0 Å². The Labute approximate surface area is 77.7 Å². The Morgan fingerprint density at radius 2 is 2.46 bits per heavy atom. The number of hydrogen-bond donors (Lipinski definition) is 2. The van der Waals surface area contributed by atoms with Gasteiger partial charge in [-0.3, -0.25) is 4.79 Å². The lowest BCUT2D eigenvalue weighted by Gasteiger charge is -2.02. The predicted octanol–water partition coefficient (Wildman–Crippen LogP) is 0.254. The Balaban J connectivity index is 2.64. The second kappa shape index (κ2) is 4.09. The number of carbonyl (C=O) groups excluding carboxylic acids is 1. The van der Waals surface area contributed by atoms with Gasteiger partial charge in [0.15, 0.2) is 0 Å². The van der Waals surface area contributed by atoms with Crippen LogP contribution in [0, 0.1) is 0 Å². The molecule has 0 spiro atoms. The van der Waals surface area contributed by atoms with E-state index in [0.717, 1.165) is 5.56 Å². The highest BCUT2D eigenvalue weighted by Gasteiger charge is 2.03. The minimum Gasteiger partial charge on any atom is -0.358 e. The van der Waals surface area contributed by atoms with E-state index < -0.39 is 0 Å². The summed E-state index contributed by atoms with van der Waals surface area (Å²) < 4.78 is 1.82. The van der Waals surface area contributed by atoms with Gasteiger partial charge in [-0.15, -0.1) is 0 Å². The maximum atomic E-state index is 11.0. The second-order valence-electron chi connectivity index (χ2n) is 3.08. The van der Waals surface area contributed by atoms with Crippen LogP contribution in [-0.2, 0) is 11.3 Å². The molecule has 0 saturated carbocycles. The highest BCUT2D eigenvalue weighted by Crippen LogP contribution is 2.09. The van der Waals surface area contributed by atoms with Crippen molar-refractivity contribution >= 4 is 5.91 Å². The van der Waals surface area contributed by atoms with Gasteiger partial charge in [0.05, 0.1) is 0 Å². The average molecular weight is 181 g/mol. The highest BCUT2D eigenvalue weighted by molar-refractivity contribution is 5.75. The van der Waals surface area contributed by atoms with Crippen LogP contribution in [0.2, 0.25) is 0 Å². The van der Waals surface area contributed by atoms with E-state index in [9.17, 15) is 4.79 Å². The molecular weight excluding hydrogens is 166 g/mol. The molecule has 0 bridgehead atoms. The van der Waals surface area contributed by atoms with Crippen LogP contribution in [0.1, 0.15) is 18.5 Å². The molecule has 0 aliphatic rings. The summed E-state index contributed by atoms with van der Waals surface area (Å²) in [6.07, 6.45) is 3.74. The van der Waals surface area contributed by atoms with E-state index in [1.54, 1.807) is 7.05 Å². The topological polar surface area (TPSA) is 60.0 Å².